The Morgan fingerprint density at radius 2 is 1.62 bits per heavy atom. The normalized spacial score (nSPS) is 10.8. The standard InChI is InChI=1S/C15H15N/c1-12-6-5-9-15(16)14(12)11-10-13-7-3-2-4-8-13/h2-11H,16H2,1H3/b11-10+. The van der Waals surface area contributed by atoms with Crippen LogP contribution in [0.25, 0.3) is 12.2 Å². The lowest BCUT2D eigenvalue weighted by Crippen LogP contribution is -1.91. The van der Waals surface area contributed by atoms with Crippen molar-refractivity contribution < 1.29 is 0 Å². The molecule has 2 N–H and O–H groups in total. The minimum absolute atomic E-state index is 0.826. The number of nitrogens with two attached hydrogens (primary N) is 1. The molecule has 0 fully saturated rings. The van der Waals surface area contributed by atoms with E-state index in [0.29, 0.717) is 0 Å². The van der Waals surface area contributed by atoms with E-state index in [4.69, 9.17) is 5.73 Å². The molecule has 0 spiro atoms. The van der Waals surface area contributed by atoms with E-state index in [-0.39, 0.29) is 0 Å². The first-order valence-corrected chi connectivity index (χ1v) is 5.35. The number of benzene rings is 2. The van der Waals surface area contributed by atoms with Crippen LogP contribution in [-0.2, 0) is 0 Å². The van der Waals surface area contributed by atoms with Gasteiger partial charge in [0.15, 0.2) is 0 Å². The van der Waals surface area contributed by atoms with Gasteiger partial charge in [-0.25, -0.2) is 0 Å². The van der Waals surface area contributed by atoms with E-state index >= 15 is 0 Å². The van der Waals surface area contributed by atoms with Crippen molar-refractivity contribution in [3.8, 4) is 0 Å². The first kappa shape index (κ1) is 10.5. The van der Waals surface area contributed by atoms with E-state index in [9.17, 15) is 0 Å². The van der Waals surface area contributed by atoms with Gasteiger partial charge in [-0.2, -0.15) is 0 Å². The molecular formula is C15H15N. The molecule has 0 amide bonds. The fraction of sp³-hybridized carbons (Fsp3) is 0.0667. The van der Waals surface area contributed by atoms with Gasteiger partial charge in [-0.3, -0.25) is 0 Å². The van der Waals surface area contributed by atoms with Gasteiger partial charge in [-0.05, 0) is 24.1 Å². The van der Waals surface area contributed by atoms with E-state index in [1.54, 1.807) is 0 Å². The van der Waals surface area contributed by atoms with Gasteiger partial charge in [0.2, 0.25) is 0 Å². The summed E-state index contributed by atoms with van der Waals surface area (Å²) in [5, 5.41) is 0. The van der Waals surface area contributed by atoms with E-state index < -0.39 is 0 Å². The summed E-state index contributed by atoms with van der Waals surface area (Å²) in [7, 11) is 0. The van der Waals surface area contributed by atoms with Crippen LogP contribution in [0.1, 0.15) is 16.7 Å². The summed E-state index contributed by atoms with van der Waals surface area (Å²) >= 11 is 0. The predicted octanol–water partition coefficient (Wildman–Crippen LogP) is 3.75. The van der Waals surface area contributed by atoms with Crippen molar-refractivity contribution in [2.75, 3.05) is 5.73 Å². The third-order valence-electron chi connectivity index (χ3n) is 2.60. The van der Waals surface area contributed by atoms with Crippen molar-refractivity contribution in [3.63, 3.8) is 0 Å². The highest BCUT2D eigenvalue weighted by atomic mass is 14.6. The third kappa shape index (κ3) is 2.31. The number of aryl methyl sites for hydroxylation is 1. The molecule has 0 aliphatic heterocycles. The van der Waals surface area contributed by atoms with E-state index in [1.807, 2.05) is 30.3 Å². The predicted molar refractivity (Wildman–Crippen MR) is 71.0 cm³/mol. The van der Waals surface area contributed by atoms with Crippen LogP contribution in [0.3, 0.4) is 0 Å². The second kappa shape index (κ2) is 4.67. The van der Waals surface area contributed by atoms with Crippen molar-refractivity contribution in [1.29, 1.82) is 0 Å². The maximum absolute atomic E-state index is 5.93. The van der Waals surface area contributed by atoms with Crippen LogP contribution in [0, 0.1) is 6.92 Å². The summed E-state index contributed by atoms with van der Waals surface area (Å²) < 4.78 is 0. The summed E-state index contributed by atoms with van der Waals surface area (Å²) in [4.78, 5) is 0. The molecule has 0 saturated carbocycles. The monoisotopic (exact) mass is 209 g/mol. The van der Waals surface area contributed by atoms with Gasteiger partial charge in [-0.1, -0.05) is 54.6 Å². The maximum atomic E-state index is 5.93. The molecule has 1 heteroatoms. The summed E-state index contributed by atoms with van der Waals surface area (Å²) in [5.41, 5.74) is 10.2. The fourth-order valence-electron chi connectivity index (χ4n) is 1.67. The van der Waals surface area contributed by atoms with Gasteiger partial charge in [-0.15, -0.1) is 0 Å². The highest BCUT2D eigenvalue weighted by molar-refractivity contribution is 5.77. The highest BCUT2D eigenvalue weighted by Gasteiger charge is 1.97. The summed E-state index contributed by atoms with van der Waals surface area (Å²) in [6.07, 6.45) is 4.15. The van der Waals surface area contributed by atoms with Gasteiger partial charge < -0.3 is 5.73 Å². The van der Waals surface area contributed by atoms with Crippen LogP contribution in [0.5, 0.6) is 0 Å². The molecular weight excluding hydrogens is 194 g/mol. The Kier molecular flexibility index (Phi) is 3.06. The number of nitrogen functional groups attached to an aromatic ring is 1. The average Bonchev–Trinajstić information content (AvgIpc) is 2.30. The first-order chi connectivity index (χ1) is 7.77. The molecule has 2 aromatic carbocycles. The first-order valence-electron chi connectivity index (χ1n) is 5.35. The average molecular weight is 209 g/mol. The van der Waals surface area contributed by atoms with Crippen molar-refractivity contribution >= 4 is 17.8 Å². The molecule has 1 nitrogen and oxygen atoms in total. The smallest absolute Gasteiger partial charge is 0.0390 e. The molecule has 0 aromatic heterocycles. The molecule has 0 saturated heterocycles. The van der Waals surface area contributed by atoms with Crippen LogP contribution < -0.4 is 5.73 Å². The minimum Gasteiger partial charge on any atom is -0.398 e. The third-order valence-corrected chi connectivity index (χ3v) is 2.60. The minimum atomic E-state index is 0.826. The molecule has 2 rings (SSSR count). The Bertz CT molecular complexity index is 478. The summed E-state index contributed by atoms with van der Waals surface area (Å²) in [5.74, 6) is 0. The molecule has 80 valence electrons. The van der Waals surface area contributed by atoms with Crippen LogP contribution in [0.2, 0.25) is 0 Å². The van der Waals surface area contributed by atoms with Crippen molar-refractivity contribution in [1.82, 2.24) is 0 Å². The molecule has 0 bridgehead atoms. The number of hydrogen-bond acceptors (Lipinski definition) is 1. The molecule has 0 atom stereocenters. The van der Waals surface area contributed by atoms with Gasteiger partial charge >= 0.3 is 0 Å². The lowest BCUT2D eigenvalue weighted by molar-refractivity contribution is 1.45. The quantitative estimate of drug-likeness (QED) is 0.591. The zero-order chi connectivity index (χ0) is 11.4. The Hall–Kier alpha value is -2.02. The van der Waals surface area contributed by atoms with Crippen molar-refractivity contribution in [3.05, 3.63) is 65.2 Å². The largest absolute Gasteiger partial charge is 0.398 e. The second-order valence-electron chi connectivity index (χ2n) is 3.82. The molecule has 2 aromatic rings. The van der Waals surface area contributed by atoms with E-state index in [2.05, 4.69) is 37.3 Å². The Morgan fingerprint density at radius 3 is 2.31 bits per heavy atom. The van der Waals surface area contributed by atoms with Crippen LogP contribution in [-0.4, -0.2) is 0 Å². The molecule has 0 heterocycles. The van der Waals surface area contributed by atoms with Crippen LogP contribution in [0.15, 0.2) is 48.5 Å². The van der Waals surface area contributed by atoms with Crippen LogP contribution >= 0.6 is 0 Å². The Morgan fingerprint density at radius 1 is 0.875 bits per heavy atom. The molecule has 16 heavy (non-hydrogen) atoms. The molecule has 0 radical (unpaired) electrons. The molecule has 0 unspecified atom stereocenters. The molecule has 0 aliphatic carbocycles. The Balaban J connectivity index is 2.31. The second-order valence-corrected chi connectivity index (χ2v) is 3.82. The zero-order valence-corrected chi connectivity index (χ0v) is 9.35. The number of anilines is 1. The lowest BCUT2D eigenvalue weighted by Gasteiger charge is -2.03. The number of rotatable bonds is 2. The van der Waals surface area contributed by atoms with Gasteiger partial charge in [0.1, 0.15) is 0 Å². The SMILES string of the molecule is Cc1cccc(N)c1/C=C/c1ccccc1. The Labute approximate surface area is 96.2 Å². The van der Waals surface area contributed by atoms with Crippen molar-refractivity contribution in [2.24, 2.45) is 0 Å². The summed E-state index contributed by atoms with van der Waals surface area (Å²) in [6, 6.07) is 16.2. The zero-order valence-electron chi connectivity index (χ0n) is 9.35. The van der Waals surface area contributed by atoms with E-state index in [0.717, 1.165) is 11.3 Å². The van der Waals surface area contributed by atoms with Crippen molar-refractivity contribution in [2.45, 2.75) is 6.92 Å². The fourth-order valence-corrected chi connectivity index (χ4v) is 1.67. The highest BCUT2D eigenvalue weighted by Crippen LogP contribution is 2.19. The van der Waals surface area contributed by atoms with Gasteiger partial charge in [0.25, 0.3) is 0 Å². The maximum Gasteiger partial charge on any atom is 0.0390 e. The van der Waals surface area contributed by atoms with Gasteiger partial charge in [0, 0.05) is 11.3 Å². The van der Waals surface area contributed by atoms with E-state index in [1.165, 1.54) is 11.1 Å². The topological polar surface area (TPSA) is 26.0 Å². The lowest BCUT2D eigenvalue weighted by atomic mass is 10.1. The van der Waals surface area contributed by atoms with Crippen LogP contribution in [0.4, 0.5) is 5.69 Å². The van der Waals surface area contributed by atoms with Gasteiger partial charge in [0.05, 0.1) is 0 Å². The number of hydrogen-bond donors (Lipinski definition) is 1. The summed E-state index contributed by atoms with van der Waals surface area (Å²) in [6.45, 7) is 2.07. The molecule has 0 aliphatic rings.